The van der Waals surface area contributed by atoms with Gasteiger partial charge in [0.1, 0.15) is 11.3 Å². The molecule has 156 valence electrons. The quantitative estimate of drug-likeness (QED) is 0.340. The van der Waals surface area contributed by atoms with Gasteiger partial charge in [0.25, 0.3) is 11.8 Å². The predicted molar refractivity (Wildman–Crippen MR) is 120 cm³/mol. The molecule has 0 bridgehead atoms. The first-order chi connectivity index (χ1) is 14.3. The normalized spacial score (nSPS) is 15.5. The number of imide groups is 2. The maximum absolute atomic E-state index is 13.2. The number of carbonyl (C=O) groups is 3. The minimum absolute atomic E-state index is 0.174. The lowest BCUT2D eigenvalue weighted by Crippen LogP contribution is -2.54. The molecule has 30 heavy (non-hydrogen) atoms. The monoisotopic (exact) mass is 490 g/mol. The van der Waals surface area contributed by atoms with E-state index in [0.29, 0.717) is 34.2 Å². The van der Waals surface area contributed by atoms with E-state index in [9.17, 15) is 14.4 Å². The lowest BCUT2D eigenvalue weighted by molar-refractivity contribution is -0.122. The number of rotatable bonds is 6. The number of amides is 4. The molecular formula is C22H20BrClN2O4. The van der Waals surface area contributed by atoms with Crippen LogP contribution in [0.3, 0.4) is 0 Å². The molecule has 8 heteroatoms. The van der Waals surface area contributed by atoms with Crippen molar-refractivity contribution >= 4 is 57.1 Å². The van der Waals surface area contributed by atoms with Gasteiger partial charge in [-0.25, -0.2) is 9.69 Å². The van der Waals surface area contributed by atoms with E-state index in [1.165, 1.54) is 12.1 Å². The number of carbonyl (C=O) groups excluding carboxylic acids is 3. The maximum Gasteiger partial charge on any atom is 0.335 e. The summed E-state index contributed by atoms with van der Waals surface area (Å²) in [5.41, 5.74) is 1.36. The SMILES string of the molecule is CCCCOc1ccc(Br)cc1/C=C1\C(=O)NC(=O)N(c2cc(Cl)ccc2C)C1=O. The van der Waals surface area contributed by atoms with Gasteiger partial charge in [-0.05, 0) is 55.3 Å². The molecule has 4 amide bonds. The number of barbiturate groups is 1. The summed E-state index contributed by atoms with van der Waals surface area (Å²) in [6.07, 6.45) is 3.29. The van der Waals surface area contributed by atoms with Crippen LogP contribution in [0.15, 0.2) is 46.4 Å². The molecule has 1 N–H and O–H groups in total. The molecule has 0 atom stereocenters. The Balaban J connectivity index is 2.03. The summed E-state index contributed by atoms with van der Waals surface area (Å²) in [7, 11) is 0. The first-order valence-corrected chi connectivity index (χ1v) is 10.6. The van der Waals surface area contributed by atoms with Gasteiger partial charge in [0, 0.05) is 15.1 Å². The Kier molecular flexibility index (Phi) is 6.95. The van der Waals surface area contributed by atoms with E-state index in [-0.39, 0.29) is 5.57 Å². The number of nitrogens with one attached hydrogen (secondary N) is 1. The summed E-state index contributed by atoms with van der Waals surface area (Å²) >= 11 is 9.45. The molecule has 0 unspecified atom stereocenters. The third kappa shape index (κ3) is 4.74. The highest BCUT2D eigenvalue weighted by Gasteiger charge is 2.37. The van der Waals surface area contributed by atoms with Crippen molar-refractivity contribution in [2.75, 3.05) is 11.5 Å². The molecule has 6 nitrogen and oxygen atoms in total. The number of nitrogens with zero attached hydrogens (tertiary/aromatic N) is 1. The zero-order valence-electron chi connectivity index (χ0n) is 16.5. The molecule has 0 aliphatic carbocycles. The van der Waals surface area contributed by atoms with Crippen molar-refractivity contribution in [2.24, 2.45) is 0 Å². The first-order valence-electron chi connectivity index (χ1n) is 9.41. The Morgan fingerprint density at radius 3 is 2.67 bits per heavy atom. The standard InChI is InChI=1S/C22H20BrClN2O4/c1-3-4-9-30-19-8-6-15(23)10-14(19)11-17-20(27)25-22(29)26(21(17)28)18-12-16(24)7-5-13(18)2/h5-8,10-12H,3-4,9H2,1-2H3,(H,25,27,29)/b17-11+. The van der Waals surface area contributed by atoms with Gasteiger partial charge >= 0.3 is 6.03 Å². The van der Waals surface area contributed by atoms with Crippen LogP contribution in [0.4, 0.5) is 10.5 Å². The fraction of sp³-hybridized carbons (Fsp3) is 0.227. The number of ether oxygens (including phenoxy) is 1. The fourth-order valence-corrected chi connectivity index (χ4v) is 3.49. The van der Waals surface area contributed by atoms with E-state index in [1.54, 1.807) is 31.2 Å². The van der Waals surface area contributed by atoms with Gasteiger partial charge in [-0.2, -0.15) is 0 Å². The number of hydrogen-bond donors (Lipinski definition) is 1. The molecule has 0 aromatic heterocycles. The van der Waals surface area contributed by atoms with E-state index in [1.807, 2.05) is 6.07 Å². The van der Waals surface area contributed by atoms with Gasteiger partial charge in [0.05, 0.1) is 12.3 Å². The van der Waals surface area contributed by atoms with Crippen molar-refractivity contribution in [3.05, 3.63) is 62.6 Å². The molecule has 1 fully saturated rings. The van der Waals surface area contributed by atoms with Crippen LogP contribution in [0.5, 0.6) is 5.75 Å². The molecule has 1 heterocycles. The van der Waals surface area contributed by atoms with Crippen LogP contribution in [-0.2, 0) is 9.59 Å². The Morgan fingerprint density at radius 2 is 1.93 bits per heavy atom. The van der Waals surface area contributed by atoms with Crippen molar-refractivity contribution in [1.29, 1.82) is 0 Å². The molecule has 2 aromatic rings. The van der Waals surface area contributed by atoms with Crippen LogP contribution in [0, 0.1) is 6.92 Å². The molecule has 1 aliphatic heterocycles. The summed E-state index contributed by atoms with van der Waals surface area (Å²) in [6, 6.07) is 9.39. The van der Waals surface area contributed by atoms with Gasteiger partial charge < -0.3 is 4.74 Å². The lowest BCUT2D eigenvalue weighted by atomic mass is 10.0. The Labute approximate surface area is 188 Å². The molecule has 0 spiro atoms. The smallest absolute Gasteiger partial charge is 0.335 e. The van der Waals surface area contributed by atoms with Crippen molar-refractivity contribution in [2.45, 2.75) is 26.7 Å². The summed E-state index contributed by atoms with van der Waals surface area (Å²) in [6.45, 7) is 4.32. The largest absolute Gasteiger partial charge is 0.493 e. The molecule has 0 radical (unpaired) electrons. The van der Waals surface area contributed by atoms with E-state index in [0.717, 1.165) is 22.2 Å². The van der Waals surface area contributed by atoms with Crippen LogP contribution in [-0.4, -0.2) is 24.5 Å². The highest BCUT2D eigenvalue weighted by atomic mass is 79.9. The van der Waals surface area contributed by atoms with Crippen molar-refractivity contribution in [3.8, 4) is 5.75 Å². The van der Waals surface area contributed by atoms with Gasteiger partial charge in [-0.1, -0.05) is 46.9 Å². The van der Waals surface area contributed by atoms with Crippen LogP contribution >= 0.6 is 27.5 Å². The molecule has 0 saturated carbocycles. The molecule has 1 saturated heterocycles. The Bertz CT molecular complexity index is 1050. The second-order valence-electron chi connectivity index (χ2n) is 6.77. The van der Waals surface area contributed by atoms with E-state index in [4.69, 9.17) is 16.3 Å². The Hall–Kier alpha value is -2.64. The zero-order chi connectivity index (χ0) is 21.8. The van der Waals surface area contributed by atoms with Gasteiger partial charge in [0.2, 0.25) is 0 Å². The third-order valence-electron chi connectivity index (χ3n) is 4.54. The number of anilines is 1. The van der Waals surface area contributed by atoms with E-state index in [2.05, 4.69) is 28.2 Å². The number of aryl methyl sites for hydroxylation is 1. The van der Waals surface area contributed by atoms with E-state index >= 15 is 0 Å². The van der Waals surface area contributed by atoms with E-state index < -0.39 is 17.8 Å². The second kappa shape index (κ2) is 9.45. The van der Waals surface area contributed by atoms with Gasteiger partial charge in [-0.3, -0.25) is 14.9 Å². The van der Waals surface area contributed by atoms with Crippen LogP contribution < -0.4 is 15.0 Å². The summed E-state index contributed by atoms with van der Waals surface area (Å²) in [4.78, 5) is 39.0. The van der Waals surface area contributed by atoms with Crippen LogP contribution in [0.25, 0.3) is 6.08 Å². The van der Waals surface area contributed by atoms with Crippen molar-refractivity contribution in [3.63, 3.8) is 0 Å². The number of hydrogen-bond acceptors (Lipinski definition) is 4. The minimum atomic E-state index is -0.818. The minimum Gasteiger partial charge on any atom is -0.493 e. The maximum atomic E-state index is 13.2. The zero-order valence-corrected chi connectivity index (χ0v) is 18.8. The number of halogens is 2. The first kappa shape index (κ1) is 22.1. The topological polar surface area (TPSA) is 75.7 Å². The highest BCUT2D eigenvalue weighted by Crippen LogP contribution is 2.30. The number of urea groups is 1. The van der Waals surface area contributed by atoms with Crippen LogP contribution in [0.2, 0.25) is 5.02 Å². The lowest BCUT2D eigenvalue weighted by Gasteiger charge is -2.27. The highest BCUT2D eigenvalue weighted by molar-refractivity contribution is 9.10. The summed E-state index contributed by atoms with van der Waals surface area (Å²) in [5.74, 6) is -0.948. The third-order valence-corrected chi connectivity index (χ3v) is 5.27. The number of unbranched alkanes of at least 4 members (excludes halogenated alkanes) is 1. The summed E-state index contributed by atoms with van der Waals surface area (Å²) in [5, 5.41) is 2.60. The van der Waals surface area contributed by atoms with Gasteiger partial charge in [0.15, 0.2) is 0 Å². The molecule has 1 aliphatic rings. The van der Waals surface area contributed by atoms with Gasteiger partial charge in [-0.15, -0.1) is 0 Å². The molecule has 2 aromatic carbocycles. The van der Waals surface area contributed by atoms with Crippen LogP contribution in [0.1, 0.15) is 30.9 Å². The Morgan fingerprint density at radius 1 is 1.17 bits per heavy atom. The summed E-state index contributed by atoms with van der Waals surface area (Å²) < 4.78 is 6.57. The molecule has 3 rings (SSSR count). The average molecular weight is 492 g/mol. The second-order valence-corrected chi connectivity index (χ2v) is 8.12. The fourth-order valence-electron chi connectivity index (χ4n) is 2.95. The number of benzene rings is 2. The predicted octanol–water partition coefficient (Wildman–Crippen LogP) is 5.26. The van der Waals surface area contributed by atoms with Crippen molar-refractivity contribution in [1.82, 2.24) is 5.32 Å². The average Bonchev–Trinajstić information content (AvgIpc) is 2.69. The molecular weight excluding hydrogens is 472 g/mol. The van der Waals surface area contributed by atoms with Crippen molar-refractivity contribution < 1.29 is 19.1 Å².